The fourth-order valence-electron chi connectivity index (χ4n) is 3.96. The van der Waals surface area contributed by atoms with Crippen LogP contribution in [0.1, 0.15) is 49.7 Å². The topological polar surface area (TPSA) is 75.1 Å². The third-order valence-electron chi connectivity index (χ3n) is 5.95. The van der Waals surface area contributed by atoms with E-state index in [1.54, 1.807) is 12.1 Å². The molecule has 1 aromatic heterocycles. The number of aromatic nitrogens is 3. The van der Waals surface area contributed by atoms with Crippen molar-refractivity contribution >= 4 is 5.91 Å². The lowest BCUT2D eigenvalue weighted by molar-refractivity contribution is -0.120. The van der Waals surface area contributed by atoms with Gasteiger partial charge in [-0.3, -0.25) is 9.36 Å². The van der Waals surface area contributed by atoms with Crippen LogP contribution in [0, 0.1) is 5.82 Å². The zero-order valence-corrected chi connectivity index (χ0v) is 17.6. The highest BCUT2D eigenvalue weighted by Gasteiger charge is 2.30. The number of likely N-dealkylation sites (tertiary alicyclic amines) is 1. The van der Waals surface area contributed by atoms with Crippen LogP contribution in [0.2, 0.25) is 0 Å². The molecule has 1 amide bonds. The van der Waals surface area contributed by atoms with Crippen molar-refractivity contribution in [1.29, 1.82) is 0 Å². The quantitative estimate of drug-likeness (QED) is 0.614. The summed E-state index contributed by atoms with van der Waals surface area (Å²) in [5.74, 6) is 2.05. The molecule has 1 aliphatic carbocycles. The number of halogens is 1. The Morgan fingerprint density at radius 3 is 2.57 bits per heavy atom. The van der Waals surface area contributed by atoms with E-state index in [0.29, 0.717) is 31.5 Å². The smallest absolute Gasteiger partial charge is 0.233 e. The molecule has 162 valence electrons. The molecule has 7 nitrogen and oxygen atoms in total. The monoisotopic (exact) mass is 414 g/mol. The van der Waals surface area contributed by atoms with Crippen molar-refractivity contribution in [2.45, 2.75) is 50.5 Å². The van der Waals surface area contributed by atoms with Crippen LogP contribution < -0.4 is 10.6 Å². The minimum absolute atomic E-state index is 0.0348. The second-order valence-corrected chi connectivity index (χ2v) is 8.47. The van der Waals surface area contributed by atoms with Gasteiger partial charge in [-0.15, -0.1) is 10.2 Å². The summed E-state index contributed by atoms with van der Waals surface area (Å²) < 4.78 is 15.4. The van der Waals surface area contributed by atoms with E-state index in [-0.39, 0.29) is 11.7 Å². The van der Waals surface area contributed by atoms with E-state index >= 15 is 0 Å². The molecule has 0 unspecified atom stereocenters. The van der Waals surface area contributed by atoms with Crippen LogP contribution >= 0.6 is 0 Å². The molecular weight excluding hydrogens is 383 g/mol. The van der Waals surface area contributed by atoms with Crippen molar-refractivity contribution in [3.63, 3.8) is 0 Å². The van der Waals surface area contributed by atoms with E-state index in [1.807, 2.05) is 0 Å². The average Bonchev–Trinajstić information content (AvgIpc) is 3.51. The molecule has 0 spiro atoms. The first-order valence-electron chi connectivity index (χ1n) is 11.0. The summed E-state index contributed by atoms with van der Waals surface area (Å²) >= 11 is 0. The highest BCUT2D eigenvalue weighted by molar-refractivity contribution is 5.77. The number of piperidine rings is 1. The van der Waals surface area contributed by atoms with Gasteiger partial charge in [0.1, 0.15) is 17.5 Å². The van der Waals surface area contributed by atoms with E-state index in [1.165, 1.54) is 12.1 Å². The fourth-order valence-corrected chi connectivity index (χ4v) is 3.96. The standard InChI is InChI=1S/C22H31FN6O/c1-28-13-10-18(11-14-28)25-15-21(30)24-12-2-3-20-26-27-22(16-4-5-16)29(20)19-8-6-17(23)7-9-19/h6-9,16,18,25H,2-5,10-15H2,1H3,(H,24,30). The van der Waals surface area contributed by atoms with Gasteiger partial charge in [-0.05, 0) is 76.5 Å². The van der Waals surface area contributed by atoms with Gasteiger partial charge in [-0.1, -0.05) is 0 Å². The molecule has 1 saturated heterocycles. The lowest BCUT2D eigenvalue weighted by Gasteiger charge is -2.29. The second kappa shape index (κ2) is 9.66. The average molecular weight is 415 g/mol. The molecule has 2 aromatic rings. The number of hydrogen-bond acceptors (Lipinski definition) is 5. The van der Waals surface area contributed by atoms with Gasteiger partial charge in [-0.25, -0.2) is 4.39 Å². The fraction of sp³-hybridized carbons (Fsp3) is 0.591. The number of rotatable bonds is 9. The van der Waals surface area contributed by atoms with Gasteiger partial charge in [0, 0.05) is 30.6 Å². The number of carbonyl (C=O) groups excluding carboxylic acids is 1. The molecule has 1 aliphatic heterocycles. The normalized spacial score (nSPS) is 17.9. The Morgan fingerprint density at radius 2 is 1.87 bits per heavy atom. The SMILES string of the molecule is CN1CCC(NCC(=O)NCCCc2nnc(C3CC3)n2-c2ccc(F)cc2)CC1. The first-order valence-corrected chi connectivity index (χ1v) is 11.0. The second-order valence-electron chi connectivity index (χ2n) is 8.47. The van der Waals surface area contributed by atoms with Crippen molar-refractivity contribution in [1.82, 2.24) is 30.3 Å². The first kappa shape index (κ1) is 20.9. The van der Waals surface area contributed by atoms with Crippen molar-refractivity contribution in [3.8, 4) is 5.69 Å². The lowest BCUT2D eigenvalue weighted by atomic mass is 10.1. The number of hydrogen-bond donors (Lipinski definition) is 2. The van der Waals surface area contributed by atoms with Gasteiger partial charge in [-0.2, -0.15) is 0 Å². The summed E-state index contributed by atoms with van der Waals surface area (Å²) in [6.07, 6.45) is 5.92. The van der Waals surface area contributed by atoms with E-state index in [2.05, 4.69) is 37.3 Å². The van der Waals surface area contributed by atoms with Crippen LogP contribution in [0.5, 0.6) is 0 Å². The molecule has 30 heavy (non-hydrogen) atoms. The van der Waals surface area contributed by atoms with Crippen LogP contribution in [-0.2, 0) is 11.2 Å². The van der Waals surface area contributed by atoms with Crippen molar-refractivity contribution < 1.29 is 9.18 Å². The number of carbonyl (C=O) groups is 1. The number of amides is 1. The van der Waals surface area contributed by atoms with Crippen LogP contribution in [0.15, 0.2) is 24.3 Å². The molecule has 2 fully saturated rings. The maximum atomic E-state index is 13.3. The Morgan fingerprint density at radius 1 is 1.13 bits per heavy atom. The number of nitrogens with zero attached hydrogens (tertiary/aromatic N) is 4. The summed E-state index contributed by atoms with van der Waals surface area (Å²) in [5, 5.41) is 15.1. The molecule has 4 rings (SSSR count). The van der Waals surface area contributed by atoms with Gasteiger partial charge in [0.25, 0.3) is 0 Å². The molecule has 0 atom stereocenters. The third kappa shape index (κ3) is 5.43. The predicted molar refractivity (Wildman–Crippen MR) is 113 cm³/mol. The van der Waals surface area contributed by atoms with Crippen LogP contribution in [-0.4, -0.2) is 64.8 Å². The van der Waals surface area contributed by atoms with Gasteiger partial charge < -0.3 is 15.5 Å². The predicted octanol–water partition coefficient (Wildman–Crippen LogP) is 2.02. The van der Waals surface area contributed by atoms with Crippen LogP contribution in [0.3, 0.4) is 0 Å². The maximum absolute atomic E-state index is 13.3. The Balaban J connectivity index is 1.25. The van der Waals surface area contributed by atoms with Gasteiger partial charge >= 0.3 is 0 Å². The van der Waals surface area contributed by atoms with Crippen molar-refractivity contribution in [2.24, 2.45) is 0 Å². The minimum atomic E-state index is -0.252. The maximum Gasteiger partial charge on any atom is 0.233 e. The van der Waals surface area contributed by atoms with E-state index in [4.69, 9.17) is 0 Å². The molecular formula is C22H31FN6O. The lowest BCUT2D eigenvalue weighted by Crippen LogP contribution is -2.44. The summed E-state index contributed by atoms with van der Waals surface area (Å²) in [4.78, 5) is 14.4. The van der Waals surface area contributed by atoms with Crippen molar-refractivity contribution in [3.05, 3.63) is 41.7 Å². The molecule has 2 aliphatic rings. The summed E-state index contributed by atoms with van der Waals surface area (Å²) in [7, 11) is 2.13. The molecule has 2 N–H and O–H groups in total. The molecule has 1 saturated carbocycles. The Hall–Kier alpha value is -2.32. The molecule has 1 aromatic carbocycles. The van der Waals surface area contributed by atoms with Crippen molar-refractivity contribution in [2.75, 3.05) is 33.2 Å². The zero-order valence-electron chi connectivity index (χ0n) is 17.6. The summed E-state index contributed by atoms with van der Waals surface area (Å²) in [6.45, 7) is 3.13. The zero-order chi connectivity index (χ0) is 20.9. The first-order chi connectivity index (χ1) is 14.6. The number of benzene rings is 1. The molecule has 0 radical (unpaired) electrons. The Bertz CT molecular complexity index is 840. The molecule has 8 heteroatoms. The van der Waals surface area contributed by atoms with E-state index in [9.17, 15) is 9.18 Å². The highest BCUT2D eigenvalue weighted by atomic mass is 19.1. The molecule has 2 heterocycles. The van der Waals surface area contributed by atoms with Crippen LogP contribution in [0.25, 0.3) is 5.69 Å². The van der Waals surface area contributed by atoms with E-state index < -0.39 is 0 Å². The Kier molecular flexibility index (Phi) is 6.74. The Labute approximate surface area is 177 Å². The minimum Gasteiger partial charge on any atom is -0.355 e. The molecule has 0 bridgehead atoms. The largest absolute Gasteiger partial charge is 0.355 e. The van der Waals surface area contributed by atoms with Gasteiger partial charge in [0.05, 0.1) is 6.54 Å². The number of aryl methyl sites for hydroxylation is 1. The van der Waals surface area contributed by atoms with E-state index in [0.717, 1.165) is 62.5 Å². The third-order valence-corrected chi connectivity index (χ3v) is 5.95. The van der Waals surface area contributed by atoms with Crippen LogP contribution in [0.4, 0.5) is 4.39 Å². The number of nitrogens with one attached hydrogen (secondary N) is 2. The highest BCUT2D eigenvalue weighted by Crippen LogP contribution is 2.40. The van der Waals surface area contributed by atoms with Gasteiger partial charge in [0.2, 0.25) is 5.91 Å². The summed E-state index contributed by atoms with van der Waals surface area (Å²) in [5.41, 5.74) is 0.893. The van der Waals surface area contributed by atoms with Gasteiger partial charge in [0.15, 0.2) is 0 Å². The summed E-state index contributed by atoms with van der Waals surface area (Å²) in [6, 6.07) is 6.90.